The number of fused-ring (bicyclic) bond motifs is 1. The van der Waals surface area contributed by atoms with Gasteiger partial charge in [-0.15, -0.1) is 10.2 Å². The topological polar surface area (TPSA) is 53.1 Å². The van der Waals surface area contributed by atoms with Crippen LogP contribution in [0.5, 0.6) is 0 Å². The lowest BCUT2D eigenvalue weighted by Gasteiger charge is -2.07. The highest BCUT2D eigenvalue weighted by atomic mass is 16.5. The predicted molar refractivity (Wildman–Crippen MR) is 85.7 cm³/mol. The number of hydrogen-bond acceptors (Lipinski definition) is 4. The van der Waals surface area contributed by atoms with E-state index < -0.39 is 0 Å². The van der Waals surface area contributed by atoms with Crippen LogP contribution in [-0.2, 0) is 17.7 Å². The number of methoxy groups -OCH3 is 1. The van der Waals surface area contributed by atoms with Crippen molar-refractivity contribution in [3.63, 3.8) is 0 Å². The van der Waals surface area contributed by atoms with Crippen LogP contribution in [0.3, 0.4) is 0 Å². The van der Waals surface area contributed by atoms with Gasteiger partial charge in [-0.05, 0) is 18.6 Å². The lowest BCUT2D eigenvalue weighted by atomic mass is 10.2. The molecule has 0 N–H and O–H groups in total. The molecule has 0 spiro atoms. The van der Waals surface area contributed by atoms with Gasteiger partial charge in [0.15, 0.2) is 0 Å². The van der Waals surface area contributed by atoms with E-state index >= 15 is 0 Å². The lowest BCUT2D eigenvalue weighted by molar-refractivity contribution is 0.188. The Bertz CT molecular complexity index is 745. The number of hydrogen-bond donors (Lipinski definition) is 0. The number of aryl methyl sites for hydroxylation is 1. The molecule has 1 aromatic carbocycles. The summed E-state index contributed by atoms with van der Waals surface area (Å²) in [4.78, 5) is 0. The minimum atomic E-state index is 0.582. The monoisotopic (exact) mass is 299 g/mol. The van der Waals surface area contributed by atoms with Crippen LogP contribution < -0.4 is 0 Å². The number of benzene rings is 1. The molecule has 0 aliphatic carbocycles. The van der Waals surface area contributed by atoms with Gasteiger partial charge in [-0.3, -0.25) is 0 Å². The van der Waals surface area contributed by atoms with Gasteiger partial charge in [0.25, 0.3) is 5.89 Å². The van der Waals surface area contributed by atoms with Crippen molar-refractivity contribution in [3.05, 3.63) is 36.2 Å². The zero-order chi connectivity index (χ0) is 15.4. The van der Waals surface area contributed by atoms with Crippen molar-refractivity contribution in [1.82, 2.24) is 14.8 Å². The summed E-state index contributed by atoms with van der Waals surface area (Å²) < 4.78 is 13.2. The summed E-state index contributed by atoms with van der Waals surface area (Å²) in [6, 6.07) is 10.4. The average Bonchev–Trinajstić information content (AvgIpc) is 3.15. The highest BCUT2D eigenvalue weighted by molar-refractivity contribution is 5.85. The Labute approximate surface area is 129 Å². The van der Waals surface area contributed by atoms with Crippen molar-refractivity contribution in [2.24, 2.45) is 0 Å². The fraction of sp³-hybridized carbons (Fsp3) is 0.412. The Morgan fingerprint density at radius 2 is 2.09 bits per heavy atom. The largest absolute Gasteiger partial charge is 0.419 e. The first kappa shape index (κ1) is 14.8. The fourth-order valence-corrected chi connectivity index (χ4v) is 2.60. The molecular weight excluding hydrogens is 278 g/mol. The van der Waals surface area contributed by atoms with Gasteiger partial charge in [0.1, 0.15) is 5.69 Å². The summed E-state index contributed by atoms with van der Waals surface area (Å²) >= 11 is 0. The summed E-state index contributed by atoms with van der Waals surface area (Å²) in [5.74, 6) is 1.29. The second-order valence-electron chi connectivity index (χ2n) is 5.34. The van der Waals surface area contributed by atoms with Gasteiger partial charge >= 0.3 is 0 Å². The Morgan fingerprint density at radius 1 is 1.23 bits per heavy atom. The van der Waals surface area contributed by atoms with Crippen molar-refractivity contribution in [3.8, 4) is 11.6 Å². The molecular formula is C17H21N3O2. The maximum Gasteiger partial charge on any atom is 0.264 e. The number of nitrogens with zero attached hydrogens (tertiary/aromatic N) is 3. The van der Waals surface area contributed by atoms with Crippen molar-refractivity contribution in [1.29, 1.82) is 0 Å². The van der Waals surface area contributed by atoms with Crippen LogP contribution in [0, 0.1) is 0 Å². The van der Waals surface area contributed by atoms with Gasteiger partial charge in [-0.2, -0.15) is 0 Å². The van der Waals surface area contributed by atoms with E-state index in [0.29, 0.717) is 18.4 Å². The highest BCUT2D eigenvalue weighted by Crippen LogP contribution is 2.27. The quantitative estimate of drug-likeness (QED) is 0.668. The average molecular weight is 299 g/mol. The van der Waals surface area contributed by atoms with Crippen LogP contribution in [0.25, 0.3) is 22.5 Å². The number of ether oxygens (including phenoxy) is 1. The summed E-state index contributed by atoms with van der Waals surface area (Å²) in [7, 11) is 1.71. The van der Waals surface area contributed by atoms with Gasteiger partial charge in [-0.25, -0.2) is 0 Å². The van der Waals surface area contributed by atoms with E-state index in [9.17, 15) is 0 Å². The third-order valence-electron chi connectivity index (χ3n) is 3.76. The van der Waals surface area contributed by atoms with Gasteiger partial charge in [-0.1, -0.05) is 31.5 Å². The van der Waals surface area contributed by atoms with Gasteiger partial charge in [0, 0.05) is 31.0 Å². The summed E-state index contributed by atoms with van der Waals surface area (Å²) in [6.07, 6.45) is 3.02. The summed E-state index contributed by atoms with van der Waals surface area (Å²) in [5, 5.41) is 9.55. The number of unbranched alkanes of at least 4 members (excludes halogenated alkanes) is 1. The molecule has 116 valence electrons. The minimum Gasteiger partial charge on any atom is -0.419 e. The molecule has 0 amide bonds. The molecule has 0 bridgehead atoms. The highest BCUT2D eigenvalue weighted by Gasteiger charge is 2.16. The Kier molecular flexibility index (Phi) is 4.53. The Hall–Kier alpha value is -2.14. The van der Waals surface area contributed by atoms with E-state index in [0.717, 1.165) is 37.0 Å². The first-order chi connectivity index (χ1) is 10.8. The molecule has 0 fully saturated rings. The molecule has 5 heteroatoms. The second kappa shape index (κ2) is 6.75. The van der Waals surface area contributed by atoms with E-state index in [1.54, 1.807) is 7.11 Å². The number of para-hydroxylation sites is 1. The van der Waals surface area contributed by atoms with Crippen LogP contribution in [0.2, 0.25) is 0 Å². The molecule has 0 atom stereocenters. The van der Waals surface area contributed by atoms with E-state index in [-0.39, 0.29) is 0 Å². The fourth-order valence-electron chi connectivity index (χ4n) is 2.60. The molecule has 0 aliphatic heterocycles. The zero-order valence-electron chi connectivity index (χ0n) is 13.1. The third-order valence-corrected chi connectivity index (χ3v) is 3.76. The van der Waals surface area contributed by atoms with E-state index in [2.05, 4.69) is 39.9 Å². The molecule has 2 heterocycles. The molecule has 22 heavy (non-hydrogen) atoms. The minimum absolute atomic E-state index is 0.582. The SMILES string of the molecule is CCCCc1nnc(-c2cc3ccccc3n2CCOC)o1. The van der Waals surface area contributed by atoms with Crippen molar-refractivity contribution >= 4 is 10.9 Å². The first-order valence-electron chi connectivity index (χ1n) is 7.73. The van der Waals surface area contributed by atoms with Gasteiger partial charge in [0.05, 0.1) is 6.61 Å². The standard InChI is InChI=1S/C17H21N3O2/c1-3-4-9-16-18-19-17(22-16)15-12-13-7-5-6-8-14(13)20(15)10-11-21-2/h5-8,12H,3-4,9-11H2,1-2H3. The predicted octanol–water partition coefficient (Wildman–Crippen LogP) is 3.68. The van der Waals surface area contributed by atoms with Gasteiger partial charge < -0.3 is 13.7 Å². The van der Waals surface area contributed by atoms with Crippen LogP contribution in [0.1, 0.15) is 25.7 Å². The third kappa shape index (κ3) is 2.90. The van der Waals surface area contributed by atoms with E-state index in [4.69, 9.17) is 9.15 Å². The molecule has 3 rings (SSSR count). The maximum atomic E-state index is 5.84. The van der Waals surface area contributed by atoms with Crippen LogP contribution in [0.15, 0.2) is 34.7 Å². The lowest BCUT2D eigenvalue weighted by Crippen LogP contribution is -2.05. The number of rotatable bonds is 7. The van der Waals surface area contributed by atoms with Crippen molar-refractivity contribution in [2.45, 2.75) is 32.7 Å². The molecule has 0 radical (unpaired) electrons. The summed E-state index contributed by atoms with van der Waals surface area (Å²) in [5.41, 5.74) is 2.11. The number of aromatic nitrogens is 3. The molecule has 2 aromatic heterocycles. The molecule has 0 saturated carbocycles. The van der Waals surface area contributed by atoms with Gasteiger partial charge in [0.2, 0.25) is 5.89 Å². The van der Waals surface area contributed by atoms with Crippen LogP contribution >= 0.6 is 0 Å². The van der Waals surface area contributed by atoms with E-state index in [1.165, 1.54) is 5.39 Å². The summed E-state index contributed by atoms with van der Waals surface area (Å²) in [6.45, 7) is 3.55. The second-order valence-corrected chi connectivity index (χ2v) is 5.34. The molecule has 3 aromatic rings. The maximum absolute atomic E-state index is 5.84. The first-order valence-corrected chi connectivity index (χ1v) is 7.73. The van der Waals surface area contributed by atoms with Crippen molar-refractivity contribution < 1.29 is 9.15 Å². The van der Waals surface area contributed by atoms with Crippen LogP contribution in [0.4, 0.5) is 0 Å². The molecule has 0 unspecified atom stereocenters. The molecule has 0 aliphatic rings. The van der Waals surface area contributed by atoms with Crippen molar-refractivity contribution in [2.75, 3.05) is 13.7 Å². The Morgan fingerprint density at radius 3 is 2.91 bits per heavy atom. The molecule has 5 nitrogen and oxygen atoms in total. The Balaban J connectivity index is 1.99. The molecule has 0 saturated heterocycles. The van der Waals surface area contributed by atoms with E-state index in [1.807, 2.05) is 12.1 Å². The van der Waals surface area contributed by atoms with Crippen LogP contribution in [-0.4, -0.2) is 28.5 Å². The smallest absolute Gasteiger partial charge is 0.264 e. The normalized spacial score (nSPS) is 11.4. The zero-order valence-corrected chi connectivity index (χ0v) is 13.1.